The number of hydrogen-bond donors (Lipinski definition) is 10. The number of hydrogen-bond acceptors (Lipinski definition) is 16. The van der Waals surface area contributed by atoms with Crippen molar-refractivity contribution in [1.29, 1.82) is 0 Å². The van der Waals surface area contributed by atoms with Gasteiger partial charge in [-0.25, -0.2) is 0 Å². The number of rotatable bonds is 2. The van der Waals surface area contributed by atoms with Gasteiger partial charge in [0.15, 0.2) is 12.1 Å². The second-order valence-electron chi connectivity index (χ2n) is 17.4. The third-order valence-corrected chi connectivity index (χ3v) is 12.0. The summed E-state index contributed by atoms with van der Waals surface area (Å²) >= 11 is 0. The van der Waals surface area contributed by atoms with E-state index in [1.165, 1.54) is 0 Å². The van der Waals surface area contributed by atoms with Crippen LogP contribution in [0.4, 0.5) is 0 Å². The van der Waals surface area contributed by atoms with Crippen molar-refractivity contribution in [2.75, 3.05) is 0 Å². The number of ketones is 1. The first-order valence-electron chi connectivity index (χ1n) is 22.0. The van der Waals surface area contributed by atoms with Gasteiger partial charge in [0.2, 0.25) is 0 Å². The Morgan fingerprint density at radius 3 is 1.78 bits per heavy atom. The second kappa shape index (κ2) is 26.7. The number of carbonyl (C=O) groups excluding carboxylic acids is 2. The summed E-state index contributed by atoms with van der Waals surface area (Å²) in [6, 6.07) is -1.06. The third kappa shape index (κ3) is 18.3. The van der Waals surface area contributed by atoms with Crippen LogP contribution in [0.3, 0.4) is 0 Å². The minimum atomic E-state index is -2.10. The van der Waals surface area contributed by atoms with E-state index in [-0.39, 0.29) is 44.4 Å². The Morgan fingerprint density at radius 2 is 1.17 bits per heavy atom. The molecule has 11 N–H and O–H groups in total. The highest BCUT2D eigenvalue weighted by atomic mass is 16.7. The Bertz CT molecular complexity index is 1610. The summed E-state index contributed by atoms with van der Waals surface area (Å²) in [5.74, 6) is -4.56. The Balaban J connectivity index is 1.81. The van der Waals surface area contributed by atoms with Crippen LogP contribution in [-0.4, -0.2) is 149 Å². The standard InChI is InChI=1S/C47H73NO15/c1-28-18-16-14-12-10-8-6-7-9-11-13-15-17-19-36(62-46-45(58)42(48)44(57)32(5)61-46)25-40-30(3)38(53)26-47(59,63-40)27-39(54)37(52)21-20-33(49)22-34(50)23-35(51)24-41(55)60-31(4)29(2)43(28)56/h6-19,28-32,34-40,42-46,50-54,56-59H,20-27,48H2,1-5H3/b7-6-,10-8-,11-9-,14-12-,15-13-,18-16-,19-17-/t28-,29-,30?,31-,32?,34?,35?,36?,37+,38-,39?,40?,42?,43+,44-,45?,46?,47-/m0/s1. The average molecular weight is 892 g/mol. The summed E-state index contributed by atoms with van der Waals surface area (Å²) in [6.45, 7) is 8.55. The molecule has 3 rings (SSSR count). The molecule has 63 heavy (non-hydrogen) atoms. The molecule has 10 unspecified atom stereocenters. The summed E-state index contributed by atoms with van der Waals surface area (Å²) in [4.78, 5) is 25.3. The highest BCUT2D eigenvalue weighted by Crippen LogP contribution is 2.37. The zero-order valence-electron chi connectivity index (χ0n) is 37.1. The molecule has 16 nitrogen and oxygen atoms in total. The zero-order valence-corrected chi connectivity index (χ0v) is 37.1. The van der Waals surface area contributed by atoms with Crippen LogP contribution >= 0.6 is 0 Å². The fourth-order valence-electron chi connectivity index (χ4n) is 7.66. The Kier molecular flexibility index (Phi) is 22.9. The van der Waals surface area contributed by atoms with Gasteiger partial charge < -0.3 is 70.6 Å². The van der Waals surface area contributed by atoms with Crippen LogP contribution in [0.1, 0.15) is 86.0 Å². The van der Waals surface area contributed by atoms with E-state index in [2.05, 4.69) is 0 Å². The van der Waals surface area contributed by atoms with Gasteiger partial charge >= 0.3 is 5.97 Å². The summed E-state index contributed by atoms with van der Waals surface area (Å²) in [5, 5.41) is 97.3. The van der Waals surface area contributed by atoms with Crippen molar-refractivity contribution in [3.05, 3.63) is 85.1 Å². The van der Waals surface area contributed by atoms with E-state index in [1.54, 1.807) is 58.1 Å². The molecule has 0 aromatic carbocycles. The van der Waals surface area contributed by atoms with E-state index in [0.717, 1.165) is 0 Å². The monoisotopic (exact) mass is 891 g/mol. The third-order valence-electron chi connectivity index (χ3n) is 12.0. The number of cyclic esters (lactones) is 1. The Morgan fingerprint density at radius 1 is 0.635 bits per heavy atom. The van der Waals surface area contributed by atoms with Gasteiger partial charge in [-0.1, -0.05) is 106 Å². The van der Waals surface area contributed by atoms with Gasteiger partial charge in [-0.05, 0) is 20.3 Å². The fourth-order valence-corrected chi connectivity index (χ4v) is 7.66. The number of fused-ring (bicyclic) bond motifs is 2. The number of Topliss-reactive ketones (excluding diaryl/α,β-unsaturated/α-hetero) is 1. The summed E-state index contributed by atoms with van der Waals surface area (Å²) < 4.78 is 23.5. The number of ether oxygens (including phenoxy) is 4. The highest BCUT2D eigenvalue weighted by Gasteiger charge is 2.47. The Hall–Kier alpha value is -3.20. The maximum atomic E-state index is 12.7. The average Bonchev–Trinajstić information content (AvgIpc) is 3.21. The molecule has 2 saturated heterocycles. The van der Waals surface area contributed by atoms with Gasteiger partial charge in [0.1, 0.15) is 18.0 Å². The lowest BCUT2D eigenvalue weighted by Gasteiger charge is -2.46. The zero-order chi connectivity index (χ0) is 46.9. The maximum Gasteiger partial charge on any atom is 0.308 e. The quantitative estimate of drug-likeness (QED) is 0.177. The van der Waals surface area contributed by atoms with Crippen molar-refractivity contribution >= 4 is 11.8 Å². The minimum absolute atomic E-state index is 0.0312. The lowest BCUT2D eigenvalue weighted by molar-refractivity contribution is -0.310. The maximum absolute atomic E-state index is 12.7. The highest BCUT2D eigenvalue weighted by molar-refractivity contribution is 5.78. The van der Waals surface area contributed by atoms with E-state index < -0.39 is 128 Å². The first-order valence-corrected chi connectivity index (χ1v) is 22.0. The molecule has 16 heteroatoms. The number of aliphatic hydroxyl groups excluding tert-OH is 8. The molecule has 356 valence electrons. The number of carbonyl (C=O) groups is 2. The first kappa shape index (κ1) is 54.1. The van der Waals surface area contributed by atoms with Crippen molar-refractivity contribution < 1.29 is 74.5 Å². The van der Waals surface area contributed by atoms with Gasteiger partial charge in [0, 0.05) is 56.3 Å². The van der Waals surface area contributed by atoms with Crippen LogP contribution in [0.2, 0.25) is 0 Å². The molecule has 2 fully saturated rings. The molecule has 0 radical (unpaired) electrons. The topological polar surface area (TPSA) is 279 Å². The van der Waals surface area contributed by atoms with Crippen LogP contribution in [0.25, 0.3) is 0 Å². The van der Waals surface area contributed by atoms with Crippen molar-refractivity contribution in [2.24, 2.45) is 23.5 Å². The molecular weight excluding hydrogens is 819 g/mol. The molecule has 3 heterocycles. The van der Waals surface area contributed by atoms with Crippen LogP contribution in [0, 0.1) is 17.8 Å². The summed E-state index contributed by atoms with van der Waals surface area (Å²) in [5.41, 5.74) is 6.05. The van der Waals surface area contributed by atoms with Crippen LogP contribution in [-0.2, 0) is 28.5 Å². The fraction of sp³-hybridized carbons (Fsp3) is 0.660. The SMILES string of the molecule is CC1OC(OC2\C=C/C=C\C=C/C=C\C=C/C=C\C=C/[C@H](C)[C@@H](O)[C@@H](C)[C@H](C)OC(=O)CC(O)CC(O)CC(=O)CC[C@@H](O)C(O)C[C@]3(O)C[C@H](O)C(C)C(C2)O3)C(O)C(N)[C@H]1O. The Labute approximate surface area is 371 Å². The van der Waals surface area contributed by atoms with Crippen LogP contribution in [0.15, 0.2) is 85.1 Å². The summed E-state index contributed by atoms with van der Waals surface area (Å²) in [7, 11) is 0. The van der Waals surface area contributed by atoms with Gasteiger partial charge in [-0.3, -0.25) is 9.59 Å². The number of esters is 1. The van der Waals surface area contributed by atoms with E-state index in [4.69, 9.17) is 24.7 Å². The van der Waals surface area contributed by atoms with Gasteiger partial charge in [0.25, 0.3) is 0 Å². The molecular formula is C47H73NO15. The normalized spacial score (nSPS) is 45.5. The number of aliphatic hydroxyl groups is 9. The van der Waals surface area contributed by atoms with E-state index >= 15 is 0 Å². The van der Waals surface area contributed by atoms with Crippen molar-refractivity contribution in [3.63, 3.8) is 0 Å². The lowest BCUT2D eigenvalue weighted by atomic mass is 9.83. The number of allylic oxidation sites excluding steroid dienone is 12. The molecule has 2 bridgehead atoms. The smallest absolute Gasteiger partial charge is 0.308 e. The minimum Gasteiger partial charge on any atom is -0.462 e. The van der Waals surface area contributed by atoms with Crippen molar-refractivity contribution in [3.8, 4) is 0 Å². The first-order chi connectivity index (χ1) is 29.7. The van der Waals surface area contributed by atoms with E-state index in [0.29, 0.717) is 0 Å². The molecule has 0 aliphatic carbocycles. The summed E-state index contributed by atoms with van der Waals surface area (Å²) in [6.07, 6.45) is 8.19. The van der Waals surface area contributed by atoms with E-state index in [9.17, 15) is 55.5 Å². The molecule has 0 aromatic heterocycles. The molecule has 3 aliphatic heterocycles. The molecule has 18 atom stereocenters. The van der Waals surface area contributed by atoms with Crippen molar-refractivity contribution in [1.82, 2.24) is 0 Å². The van der Waals surface area contributed by atoms with Gasteiger partial charge in [0.05, 0.1) is 73.5 Å². The van der Waals surface area contributed by atoms with Crippen LogP contribution in [0.5, 0.6) is 0 Å². The molecule has 0 spiro atoms. The van der Waals surface area contributed by atoms with E-state index in [1.807, 2.05) is 61.6 Å². The largest absolute Gasteiger partial charge is 0.462 e. The molecule has 0 amide bonds. The second-order valence-corrected chi connectivity index (χ2v) is 17.4. The predicted molar refractivity (Wildman–Crippen MR) is 234 cm³/mol. The predicted octanol–water partition coefficient (Wildman–Crippen LogP) is 1.86. The lowest BCUT2D eigenvalue weighted by Crippen LogP contribution is -2.61. The molecule has 3 aliphatic rings. The van der Waals surface area contributed by atoms with Gasteiger partial charge in [-0.15, -0.1) is 0 Å². The number of nitrogens with two attached hydrogens (primary N) is 1. The van der Waals surface area contributed by atoms with Gasteiger partial charge in [-0.2, -0.15) is 0 Å². The molecule has 0 saturated carbocycles. The van der Waals surface area contributed by atoms with Crippen molar-refractivity contribution in [2.45, 2.75) is 177 Å². The molecule has 0 aromatic rings. The van der Waals surface area contributed by atoms with Crippen LogP contribution < -0.4 is 5.73 Å².